The number of allylic oxidation sites excluding steroid dienone is 1. The number of carbonyl (C=O) groups excluding carboxylic acids is 1. The third-order valence-electron chi connectivity index (χ3n) is 4.72. The molecular weight excluding hydrogens is 393 g/mol. The Hall–Kier alpha value is -1.34. The number of hydrogen-bond acceptors (Lipinski definition) is 3. The topological polar surface area (TPSA) is 44.8 Å². The summed E-state index contributed by atoms with van der Waals surface area (Å²) >= 11 is 17.8. The fourth-order valence-corrected chi connectivity index (χ4v) is 4.01. The van der Waals surface area contributed by atoms with Gasteiger partial charge >= 0.3 is 0 Å². The third kappa shape index (κ3) is 3.69. The number of benzene rings is 1. The summed E-state index contributed by atoms with van der Waals surface area (Å²) in [6.45, 7) is 6.91. The Bertz CT molecular complexity index is 763. The third-order valence-corrected chi connectivity index (χ3v) is 5.80. The molecule has 1 atom stereocenters. The maximum absolute atomic E-state index is 13.3. The Labute approximate surface area is 168 Å². The van der Waals surface area contributed by atoms with Crippen LogP contribution < -0.4 is 5.32 Å². The molecule has 1 saturated heterocycles. The van der Waals surface area contributed by atoms with E-state index in [1.807, 2.05) is 29.7 Å². The molecule has 1 fully saturated rings. The van der Waals surface area contributed by atoms with Crippen LogP contribution in [-0.4, -0.2) is 53.7 Å². The average Bonchev–Trinajstić information content (AvgIpc) is 2.64. The van der Waals surface area contributed by atoms with Gasteiger partial charge in [0.1, 0.15) is 0 Å². The van der Waals surface area contributed by atoms with Crippen molar-refractivity contribution in [3.05, 3.63) is 45.1 Å². The van der Waals surface area contributed by atoms with Crippen molar-refractivity contribution in [2.75, 3.05) is 32.8 Å². The minimum atomic E-state index is -0.365. The second-order valence-electron chi connectivity index (χ2n) is 6.20. The molecule has 3 rings (SSSR count). The van der Waals surface area contributed by atoms with E-state index in [2.05, 4.69) is 5.32 Å². The fraction of sp³-hybridized carbons (Fsp3) is 0.444. The molecule has 140 valence electrons. The van der Waals surface area contributed by atoms with Crippen molar-refractivity contribution in [1.29, 1.82) is 0 Å². The van der Waals surface area contributed by atoms with Gasteiger partial charge in [-0.15, -0.1) is 0 Å². The molecule has 5 nitrogen and oxygen atoms in total. The first-order chi connectivity index (χ1) is 12.4. The van der Waals surface area contributed by atoms with E-state index in [4.69, 9.17) is 40.2 Å². The Balaban J connectivity index is 2.05. The number of rotatable bonds is 3. The van der Waals surface area contributed by atoms with Crippen molar-refractivity contribution in [2.45, 2.75) is 19.9 Å². The van der Waals surface area contributed by atoms with Gasteiger partial charge in [0.25, 0.3) is 5.91 Å². The lowest BCUT2D eigenvalue weighted by Gasteiger charge is -2.39. The molecular formula is C18H21Cl2N3O2S. The number of hydrogen-bond donors (Lipinski definition) is 1. The van der Waals surface area contributed by atoms with Crippen molar-refractivity contribution in [3.8, 4) is 0 Å². The second kappa shape index (κ2) is 8.13. The van der Waals surface area contributed by atoms with Gasteiger partial charge in [-0.25, -0.2) is 0 Å². The van der Waals surface area contributed by atoms with Crippen molar-refractivity contribution < 1.29 is 9.53 Å². The summed E-state index contributed by atoms with van der Waals surface area (Å²) in [6.07, 6.45) is 0. The quantitative estimate of drug-likeness (QED) is 0.769. The number of morpholine rings is 1. The molecule has 0 saturated carbocycles. The highest BCUT2D eigenvalue weighted by Gasteiger charge is 2.35. The summed E-state index contributed by atoms with van der Waals surface area (Å²) in [7, 11) is 0. The molecule has 0 aromatic heterocycles. The molecule has 2 aliphatic heterocycles. The molecule has 1 N–H and O–H groups in total. The Kier molecular flexibility index (Phi) is 6.07. The minimum Gasteiger partial charge on any atom is -0.378 e. The Morgan fingerprint density at radius 3 is 2.62 bits per heavy atom. The van der Waals surface area contributed by atoms with E-state index in [1.165, 1.54) is 0 Å². The molecule has 2 heterocycles. The summed E-state index contributed by atoms with van der Waals surface area (Å²) in [5.74, 6) is -0.00433. The van der Waals surface area contributed by atoms with Crippen molar-refractivity contribution in [3.63, 3.8) is 0 Å². The zero-order valence-electron chi connectivity index (χ0n) is 14.7. The fourth-order valence-electron chi connectivity index (χ4n) is 3.32. The first-order valence-electron chi connectivity index (χ1n) is 8.54. The van der Waals surface area contributed by atoms with E-state index >= 15 is 0 Å². The van der Waals surface area contributed by atoms with Gasteiger partial charge in [0, 0.05) is 25.3 Å². The molecule has 0 aliphatic carbocycles. The van der Waals surface area contributed by atoms with Gasteiger partial charge in [-0.1, -0.05) is 29.3 Å². The van der Waals surface area contributed by atoms with Gasteiger partial charge < -0.3 is 19.9 Å². The van der Waals surface area contributed by atoms with Crippen LogP contribution in [-0.2, 0) is 9.53 Å². The van der Waals surface area contributed by atoms with Gasteiger partial charge in [0.15, 0.2) is 5.11 Å². The van der Waals surface area contributed by atoms with Crippen molar-refractivity contribution in [1.82, 2.24) is 15.1 Å². The molecule has 8 heteroatoms. The summed E-state index contributed by atoms with van der Waals surface area (Å²) in [6, 6.07) is 5.03. The molecule has 2 aliphatic rings. The lowest BCUT2D eigenvalue weighted by Crippen LogP contribution is -2.51. The monoisotopic (exact) mass is 413 g/mol. The number of nitrogens with one attached hydrogen (secondary N) is 1. The van der Waals surface area contributed by atoms with E-state index in [1.54, 1.807) is 12.1 Å². The van der Waals surface area contributed by atoms with Crippen molar-refractivity contribution >= 4 is 46.4 Å². The van der Waals surface area contributed by atoms with Crippen LogP contribution in [0.4, 0.5) is 0 Å². The van der Waals surface area contributed by atoms with Crippen LogP contribution in [0, 0.1) is 0 Å². The lowest BCUT2D eigenvalue weighted by atomic mass is 9.93. The van der Waals surface area contributed by atoms with E-state index < -0.39 is 0 Å². The number of halogens is 2. The van der Waals surface area contributed by atoms with Gasteiger partial charge in [0.2, 0.25) is 0 Å². The van der Waals surface area contributed by atoms with Gasteiger partial charge in [-0.2, -0.15) is 0 Å². The molecule has 1 aromatic carbocycles. The first kappa shape index (κ1) is 19.4. The number of amides is 1. The highest BCUT2D eigenvalue weighted by Crippen LogP contribution is 2.34. The zero-order chi connectivity index (χ0) is 18.8. The van der Waals surface area contributed by atoms with E-state index in [-0.39, 0.29) is 11.9 Å². The van der Waals surface area contributed by atoms with Crippen LogP contribution in [0.2, 0.25) is 10.0 Å². The SMILES string of the molecule is CCN1C(=S)N[C@@H](c2ccc(Cl)c(Cl)c2)C(C(=O)N2CCOCC2)=C1C. The first-order valence-corrected chi connectivity index (χ1v) is 9.71. The maximum atomic E-state index is 13.3. The van der Waals surface area contributed by atoms with Crippen LogP contribution >= 0.6 is 35.4 Å². The summed E-state index contributed by atoms with van der Waals surface area (Å²) in [5, 5.41) is 4.82. The summed E-state index contributed by atoms with van der Waals surface area (Å²) < 4.78 is 5.37. The van der Waals surface area contributed by atoms with Crippen LogP contribution in [0.3, 0.4) is 0 Å². The van der Waals surface area contributed by atoms with Crippen LogP contribution in [0.1, 0.15) is 25.5 Å². The lowest BCUT2D eigenvalue weighted by molar-refractivity contribution is -0.131. The van der Waals surface area contributed by atoms with Crippen LogP contribution in [0.5, 0.6) is 0 Å². The number of carbonyl (C=O) groups is 1. The standard InChI is InChI=1S/C18H21Cl2N3O2S/c1-3-23-11(2)15(17(24)22-6-8-25-9-7-22)16(21-18(23)26)12-4-5-13(19)14(20)10-12/h4-5,10,16H,3,6-9H2,1-2H3,(H,21,26)/t16-/m0/s1. The minimum absolute atomic E-state index is 0.00433. The van der Waals surface area contributed by atoms with Crippen LogP contribution in [0.15, 0.2) is 29.5 Å². The molecule has 0 unspecified atom stereocenters. The molecule has 26 heavy (non-hydrogen) atoms. The number of nitrogens with zero attached hydrogens (tertiary/aromatic N) is 2. The Morgan fingerprint density at radius 1 is 1.31 bits per heavy atom. The average molecular weight is 414 g/mol. The second-order valence-corrected chi connectivity index (χ2v) is 7.41. The number of thiocarbonyl (C=S) groups is 1. The highest BCUT2D eigenvalue weighted by atomic mass is 35.5. The predicted octanol–water partition coefficient (Wildman–Crippen LogP) is 3.38. The largest absolute Gasteiger partial charge is 0.378 e. The zero-order valence-corrected chi connectivity index (χ0v) is 17.0. The van der Waals surface area contributed by atoms with Gasteiger partial charge in [-0.3, -0.25) is 4.79 Å². The van der Waals surface area contributed by atoms with E-state index in [0.717, 1.165) is 11.3 Å². The molecule has 1 aromatic rings. The normalized spacial score (nSPS) is 21.1. The molecule has 0 spiro atoms. The molecule has 1 amide bonds. The van der Waals surface area contributed by atoms with Gasteiger partial charge in [0.05, 0.1) is 34.9 Å². The van der Waals surface area contributed by atoms with E-state index in [9.17, 15) is 4.79 Å². The predicted molar refractivity (Wildman–Crippen MR) is 107 cm³/mol. The number of ether oxygens (including phenoxy) is 1. The van der Waals surface area contributed by atoms with Crippen LogP contribution in [0.25, 0.3) is 0 Å². The van der Waals surface area contributed by atoms with E-state index in [0.29, 0.717) is 53.6 Å². The maximum Gasteiger partial charge on any atom is 0.254 e. The summed E-state index contributed by atoms with van der Waals surface area (Å²) in [5.41, 5.74) is 2.40. The Morgan fingerprint density at radius 2 is 2.00 bits per heavy atom. The van der Waals surface area contributed by atoms with Crippen molar-refractivity contribution in [2.24, 2.45) is 0 Å². The molecule has 0 bridgehead atoms. The van der Waals surface area contributed by atoms with Gasteiger partial charge in [-0.05, 0) is 43.8 Å². The smallest absolute Gasteiger partial charge is 0.254 e. The summed E-state index contributed by atoms with van der Waals surface area (Å²) in [4.78, 5) is 17.1. The molecule has 0 radical (unpaired) electrons. The highest BCUT2D eigenvalue weighted by molar-refractivity contribution is 7.80.